The average Bonchev–Trinajstić information content (AvgIpc) is 2.52. The molecular weight excluding hydrogens is 240 g/mol. The molecule has 0 radical (unpaired) electrons. The third-order valence-electron chi connectivity index (χ3n) is 5.11. The predicted octanol–water partition coefficient (Wildman–Crippen LogP) is 6.40. The highest BCUT2D eigenvalue weighted by molar-refractivity contribution is 5.14. The zero-order valence-corrected chi connectivity index (χ0v) is 13.3. The molecule has 112 valence electrons. The molecule has 1 aromatic carbocycles. The SMILES string of the molecule is CCCC(CCCCc1ccccc1)C1CCCCC1. The topological polar surface area (TPSA) is 0 Å². The molecule has 0 amide bonds. The molecule has 1 saturated carbocycles. The Morgan fingerprint density at radius 3 is 2.40 bits per heavy atom. The van der Waals surface area contributed by atoms with Crippen LogP contribution in [0.5, 0.6) is 0 Å². The van der Waals surface area contributed by atoms with E-state index < -0.39 is 0 Å². The molecule has 0 aliphatic heterocycles. The van der Waals surface area contributed by atoms with Crippen LogP contribution in [0, 0.1) is 11.8 Å². The first-order valence-electron chi connectivity index (χ1n) is 8.94. The van der Waals surface area contributed by atoms with Crippen molar-refractivity contribution in [1.29, 1.82) is 0 Å². The van der Waals surface area contributed by atoms with Crippen LogP contribution in [-0.2, 0) is 6.42 Å². The van der Waals surface area contributed by atoms with Gasteiger partial charge >= 0.3 is 0 Å². The van der Waals surface area contributed by atoms with Gasteiger partial charge in [0.05, 0.1) is 0 Å². The molecule has 0 heteroatoms. The summed E-state index contributed by atoms with van der Waals surface area (Å²) in [5.41, 5.74) is 1.51. The molecular formula is C20H32. The maximum absolute atomic E-state index is 2.36. The van der Waals surface area contributed by atoms with Crippen LogP contribution in [0.15, 0.2) is 30.3 Å². The van der Waals surface area contributed by atoms with Crippen LogP contribution in [0.4, 0.5) is 0 Å². The highest BCUT2D eigenvalue weighted by atomic mass is 14.3. The van der Waals surface area contributed by atoms with Crippen LogP contribution < -0.4 is 0 Å². The Balaban J connectivity index is 1.69. The van der Waals surface area contributed by atoms with Crippen LogP contribution in [0.25, 0.3) is 0 Å². The highest BCUT2D eigenvalue weighted by Crippen LogP contribution is 2.35. The van der Waals surface area contributed by atoms with Crippen molar-refractivity contribution in [3.05, 3.63) is 35.9 Å². The third-order valence-corrected chi connectivity index (χ3v) is 5.11. The molecule has 0 N–H and O–H groups in total. The molecule has 0 bridgehead atoms. The summed E-state index contributed by atoms with van der Waals surface area (Å²) in [6, 6.07) is 11.0. The van der Waals surface area contributed by atoms with E-state index in [0.29, 0.717) is 0 Å². The Morgan fingerprint density at radius 1 is 0.950 bits per heavy atom. The number of aryl methyl sites for hydroxylation is 1. The first-order chi connectivity index (χ1) is 9.90. The lowest BCUT2D eigenvalue weighted by atomic mass is 9.76. The zero-order chi connectivity index (χ0) is 14.0. The predicted molar refractivity (Wildman–Crippen MR) is 89.0 cm³/mol. The van der Waals surface area contributed by atoms with Crippen molar-refractivity contribution < 1.29 is 0 Å². The van der Waals surface area contributed by atoms with E-state index in [2.05, 4.69) is 37.3 Å². The van der Waals surface area contributed by atoms with Gasteiger partial charge in [-0.25, -0.2) is 0 Å². The fourth-order valence-corrected chi connectivity index (χ4v) is 3.97. The van der Waals surface area contributed by atoms with Gasteiger partial charge in [0.25, 0.3) is 0 Å². The molecule has 1 aromatic rings. The van der Waals surface area contributed by atoms with Gasteiger partial charge in [0, 0.05) is 0 Å². The molecule has 1 fully saturated rings. The van der Waals surface area contributed by atoms with Crippen LogP contribution >= 0.6 is 0 Å². The quantitative estimate of drug-likeness (QED) is 0.481. The molecule has 1 unspecified atom stereocenters. The summed E-state index contributed by atoms with van der Waals surface area (Å²) < 4.78 is 0. The van der Waals surface area contributed by atoms with E-state index in [0.717, 1.165) is 11.8 Å². The summed E-state index contributed by atoms with van der Waals surface area (Å²) in [6.07, 6.45) is 15.9. The molecule has 0 nitrogen and oxygen atoms in total. The van der Waals surface area contributed by atoms with Gasteiger partial charge in [-0.3, -0.25) is 0 Å². The molecule has 0 heterocycles. The smallest absolute Gasteiger partial charge is 0.0279 e. The minimum absolute atomic E-state index is 1.02. The monoisotopic (exact) mass is 272 g/mol. The van der Waals surface area contributed by atoms with Crippen LogP contribution in [0.3, 0.4) is 0 Å². The lowest BCUT2D eigenvalue weighted by Crippen LogP contribution is -2.18. The minimum Gasteiger partial charge on any atom is -0.0654 e. The van der Waals surface area contributed by atoms with Crippen LogP contribution in [0.2, 0.25) is 0 Å². The maximum Gasteiger partial charge on any atom is -0.0279 e. The minimum atomic E-state index is 1.02. The summed E-state index contributed by atoms with van der Waals surface area (Å²) in [4.78, 5) is 0. The van der Waals surface area contributed by atoms with Crippen molar-refractivity contribution >= 4 is 0 Å². The lowest BCUT2D eigenvalue weighted by molar-refractivity contribution is 0.219. The van der Waals surface area contributed by atoms with Gasteiger partial charge in [-0.1, -0.05) is 95.0 Å². The largest absolute Gasteiger partial charge is 0.0654 e. The summed E-state index contributed by atoms with van der Waals surface area (Å²) in [7, 11) is 0. The second-order valence-electron chi connectivity index (χ2n) is 6.68. The van der Waals surface area contributed by atoms with E-state index in [9.17, 15) is 0 Å². The van der Waals surface area contributed by atoms with Crippen molar-refractivity contribution in [3.8, 4) is 0 Å². The normalized spacial score (nSPS) is 18.1. The number of hydrogen-bond acceptors (Lipinski definition) is 0. The number of benzene rings is 1. The van der Waals surface area contributed by atoms with E-state index >= 15 is 0 Å². The van der Waals surface area contributed by atoms with Gasteiger partial charge in [-0.15, -0.1) is 0 Å². The van der Waals surface area contributed by atoms with Gasteiger partial charge in [-0.2, -0.15) is 0 Å². The van der Waals surface area contributed by atoms with E-state index in [4.69, 9.17) is 0 Å². The summed E-state index contributed by atoms with van der Waals surface area (Å²) >= 11 is 0. The first kappa shape index (κ1) is 15.6. The van der Waals surface area contributed by atoms with Crippen molar-refractivity contribution in [2.45, 2.75) is 77.6 Å². The van der Waals surface area contributed by atoms with Crippen molar-refractivity contribution in [3.63, 3.8) is 0 Å². The van der Waals surface area contributed by atoms with Crippen LogP contribution in [0.1, 0.15) is 76.7 Å². The van der Waals surface area contributed by atoms with E-state index in [1.165, 1.54) is 76.2 Å². The summed E-state index contributed by atoms with van der Waals surface area (Å²) in [6.45, 7) is 2.36. The van der Waals surface area contributed by atoms with E-state index in [1.54, 1.807) is 0 Å². The fraction of sp³-hybridized carbons (Fsp3) is 0.700. The summed E-state index contributed by atoms with van der Waals surface area (Å²) in [5.74, 6) is 2.08. The van der Waals surface area contributed by atoms with E-state index in [1.807, 2.05) is 0 Å². The Labute approximate surface area is 126 Å². The maximum atomic E-state index is 2.36. The number of rotatable bonds is 8. The van der Waals surface area contributed by atoms with Crippen molar-refractivity contribution in [2.24, 2.45) is 11.8 Å². The molecule has 2 rings (SSSR count). The second kappa shape index (κ2) is 9.21. The third kappa shape index (κ3) is 5.31. The molecule has 0 aromatic heterocycles. The van der Waals surface area contributed by atoms with Crippen molar-refractivity contribution in [2.75, 3.05) is 0 Å². The lowest BCUT2D eigenvalue weighted by Gasteiger charge is -2.30. The fourth-order valence-electron chi connectivity index (χ4n) is 3.97. The van der Waals surface area contributed by atoms with Gasteiger partial charge in [0.15, 0.2) is 0 Å². The Bertz CT molecular complexity index is 334. The Hall–Kier alpha value is -0.780. The number of unbranched alkanes of at least 4 members (excludes halogenated alkanes) is 1. The van der Waals surface area contributed by atoms with Gasteiger partial charge in [-0.05, 0) is 30.2 Å². The van der Waals surface area contributed by atoms with E-state index in [-0.39, 0.29) is 0 Å². The molecule has 1 aliphatic rings. The van der Waals surface area contributed by atoms with Crippen molar-refractivity contribution in [1.82, 2.24) is 0 Å². The van der Waals surface area contributed by atoms with Crippen LogP contribution in [-0.4, -0.2) is 0 Å². The standard InChI is InChI=1S/C20H32/c1-2-11-19(20-15-7-4-8-16-20)17-10-9-14-18-12-5-3-6-13-18/h3,5-6,12-13,19-20H,2,4,7-11,14-17H2,1H3. The molecule has 20 heavy (non-hydrogen) atoms. The molecule has 1 atom stereocenters. The second-order valence-corrected chi connectivity index (χ2v) is 6.68. The average molecular weight is 272 g/mol. The molecule has 0 saturated heterocycles. The highest BCUT2D eigenvalue weighted by Gasteiger charge is 2.22. The van der Waals surface area contributed by atoms with Gasteiger partial charge < -0.3 is 0 Å². The molecule has 0 spiro atoms. The Morgan fingerprint density at radius 2 is 1.70 bits per heavy atom. The van der Waals surface area contributed by atoms with Gasteiger partial charge in [0.1, 0.15) is 0 Å². The Kier molecular flexibility index (Phi) is 7.19. The zero-order valence-electron chi connectivity index (χ0n) is 13.3. The van der Waals surface area contributed by atoms with Gasteiger partial charge in [0.2, 0.25) is 0 Å². The first-order valence-corrected chi connectivity index (χ1v) is 8.94. The molecule has 1 aliphatic carbocycles. The summed E-state index contributed by atoms with van der Waals surface area (Å²) in [5, 5.41) is 0. The number of hydrogen-bond donors (Lipinski definition) is 0.